The minimum absolute atomic E-state index is 0.0885. The van der Waals surface area contributed by atoms with Gasteiger partial charge in [0.2, 0.25) is 12.1 Å². The van der Waals surface area contributed by atoms with Crippen LogP contribution in [-0.4, -0.2) is 37.8 Å². The molecule has 3 aromatic rings. The van der Waals surface area contributed by atoms with Gasteiger partial charge in [-0.1, -0.05) is 17.3 Å². The Kier molecular flexibility index (Phi) is 4.55. The highest BCUT2D eigenvalue weighted by molar-refractivity contribution is 5.87. The number of halogens is 1. The average molecular weight is 344 g/mol. The zero-order valence-electron chi connectivity index (χ0n) is 13.0. The third-order valence-electron chi connectivity index (χ3n) is 3.10. The summed E-state index contributed by atoms with van der Waals surface area (Å²) in [6, 6.07) is 10.1. The van der Waals surface area contributed by atoms with Gasteiger partial charge in [0.25, 0.3) is 5.88 Å². The molecule has 0 amide bonds. The molecule has 8 nitrogen and oxygen atoms in total. The molecule has 0 saturated carbocycles. The topological polar surface area (TPSA) is 110 Å². The van der Waals surface area contributed by atoms with Crippen molar-refractivity contribution in [3.05, 3.63) is 48.3 Å². The Morgan fingerprint density at radius 3 is 2.80 bits per heavy atom. The van der Waals surface area contributed by atoms with E-state index in [4.69, 9.17) is 14.6 Å². The maximum atomic E-state index is 12.9. The Bertz CT molecular complexity index is 880. The fourth-order valence-electron chi connectivity index (χ4n) is 2.08. The fourth-order valence-corrected chi connectivity index (χ4v) is 2.08. The Morgan fingerprint density at radius 2 is 2.12 bits per heavy atom. The highest BCUT2D eigenvalue weighted by Gasteiger charge is 2.17. The van der Waals surface area contributed by atoms with Gasteiger partial charge >= 0.3 is 5.97 Å². The first-order chi connectivity index (χ1) is 12.0. The minimum Gasteiger partial charge on any atom is -0.476 e. The van der Waals surface area contributed by atoms with Crippen molar-refractivity contribution in [2.45, 2.75) is 13.3 Å². The van der Waals surface area contributed by atoms with Crippen LogP contribution in [0.4, 0.5) is 4.39 Å². The van der Waals surface area contributed by atoms with Crippen LogP contribution >= 0.6 is 0 Å². The number of hydrogen-bond donors (Lipinski definition) is 2. The molecule has 1 atom stereocenters. The second-order valence-electron chi connectivity index (χ2n) is 4.96. The summed E-state index contributed by atoms with van der Waals surface area (Å²) in [6.45, 7) is 1.30. The third kappa shape index (κ3) is 3.89. The van der Waals surface area contributed by atoms with E-state index in [1.54, 1.807) is 36.4 Å². The van der Waals surface area contributed by atoms with Crippen molar-refractivity contribution in [3.8, 4) is 28.6 Å². The predicted octanol–water partition coefficient (Wildman–Crippen LogP) is 3.05. The van der Waals surface area contributed by atoms with Gasteiger partial charge in [-0.3, -0.25) is 4.98 Å². The van der Waals surface area contributed by atoms with E-state index in [2.05, 4.69) is 20.4 Å². The Morgan fingerprint density at radius 1 is 1.28 bits per heavy atom. The normalized spacial score (nSPS) is 11.8. The number of ether oxygens (including phenoxy) is 2. The Hall–Kier alpha value is -3.49. The van der Waals surface area contributed by atoms with Crippen molar-refractivity contribution in [3.63, 3.8) is 0 Å². The summed E-state index contributed by atoms with van der Waals surface area (Å²) in [4.78, 5) is 15.2. The second-order valence-corrected chi connectivity index (χ2v) is 4.96. The molecule has 2 heterocycles. The molecule has 0 saturated heterocycles. The second kappa shape index (κ2) is 6.95. The fraction of sp³-hybridized carbons (Fsp3) is 0.125. The van der Waals surface area contributed by atoms with Gasteiger partial charge in [-0.25, -0.2) is 14.3 Å². The first kappa shape index (κ1) is 16.4. The largest absolute Gasteiger partial charge is 0.476 e. The lowest BCUT2D eigenvalue weighted by Crippen LogP contribution is -2.03. The van der Waals surface area contributed by atoms with Gasteiger partial charge in [0, 0.05) is 12.5 Å². The van der Waals surface area contributed by atoms with E-state index in [0.717, 1.165) is 5.56 Å². The van der Waals surface area contributed by atoms with Crippen LogP contribution in [0.2, 0.25) is 0 Å². The summed E-state index contributed by atoms with van der Waals surface area (Å²) < 4.78 is 23.3. The lowest BCUT2D eigenvalue weighted by Gasteiger charge is -2.09. The Labute approximate surface area is 141 Å². The first-order valence-corrected chi connectivity index (χ1v) is 7.22. The Balaban J connectivity index is 1.78. The summed E-state index contributed by atoms with van der Waals surface area (Å²) >= 11 is 0. The summed E-state index contributed by atoms with van der Waals surface area (Å²) in [7, 11) is 0. The van der Waals surface area contributed by atoms with Crippen LogP contribution in [0.25, 0.3) is 11.3 Å². The van der Waals surface area contributed by atoms with Crippen LogP contribution in [0.5, 0.6) is 17.4 Å². The quantitative estimate of drug-likeness (QED) is 0.707. The molecular formula is C16H13FN4O4. The molecule has 0 aliphatic rings. The van der Waals surface area contributed by atoms with Crippen molar-refractivity contribution in [2.24, 2.45) is 0 Å². The zero-order valence-corrected chi connectivity index (χ0v) is 13.0. The molecule has 0 aliphatic carbocycles. The predicted molar refractivity (Wildman–Crippen MR) is 84.3 cm³/mol. The highest BCUT2D eigenvalue weighted by atomic mass is 19.1. The number of H-pyrrole nitrogens is 1. The van der Waals surface area contributed by atoms with Crippen LogP contribution in [0.15, 0.2) is 42.6 Å². The van der Waals surface area contributed by atoms with E-state index >= 15 is 0 Å². The summed E-state index contributed by atoms with van der Waals surface area (Å²) in [5, 5.41) is 18.1. The summed E-state index contributed by atoms with van der Waals surface area (Å²) in [5.74, 6) is -0.645. The summed E-state index contributed by atoms with van der Waals surface area (Å²) in [6.07, 6.45) is 0.0121. The molecule has 2 N–H and O–H groups in total. The average Bonchev–Trinajstić information content (AvgIpc) is 3.03. The number of aromatic nitrogens is 4. The molecule has 25 heavy (non-hydrogen) atoms. The van der Waals surface area contributed by atoms with Gasteiger partial charge in [0.1, 0.15) is 11.5 Å². The van der Waals surface area contributed by atoms with E-state index in [-0.39, 0.29) is 11.6 Å². The van der Waals surface area contributed by atoms with Crippen molar-refractivity contribution in [2.75, 3.05) is 0 Å². The van der Waals surface area contributed by atoms with Crippen molar-refractivity contribution in [1.29, 1.82) is 0 Å². The van der Waals surface area contributed by atoms with Gasteiger partial charge in [0.05, 0.1) is 11.9 Å². The lowest BCUT2D eigenvalue weighted by atomic mass is 10.1. The number of carboxylic acid groups (broad SMARTS) is 1. The summed E-state index contributed by atoms with van der Waals surface area (Å²) in [5.41, 5.74) is 1.03. The maximum absolute atomic E-state index is 12.9. The molecule has 0 aliphatic heterocycles. The van der Waals surface area contributed by atoms with Crippen molar-refractivity contribution >= 4 is 5.97 Å². The SMILES string of the molecule is CC(F)Oc1cccc(-c2ccc(Oc3[nH]nnc3C(=O)O)cn2)c1. The number of pyridine rings is 1. The molecular weight excluding hydrogens is 331 g/mol. The molecule has 0 bridgehead atoms. The number of alkyl halides is 1. The van der Waals surface area contributed by atoms with E-state index in [1.807, 2.05) is 0 Å². The van der Waals surface area contributed by atoms with E-state index < -0.39 is 12.3 Å². The molecule has 2 aromatic heterocycles. The zero-order chi connectivity index (χ0) is 17.8. The number of hydrogen-bond acceptors (Lipinski definition) is 6. The van der Waals surface area contributed by atoms with E-state index in [9.17, 15) is 9.18 Å². The van der Waals surface area contributed by atoms with Crippen LogP contribution in [0.3, 0.4) is 0 Å². The lowest BCUT2D eigenvalue weighted by molar-refractivity contribution is 0.0687. The number of carboxylic acids is 1. The smallest absolute Gasteiger partial charge is 0.362 e. The van der Waals surface area contributed by atoms with Gasteiger partial charge in [0.15, 0.2) is 0 Å². The highest BCUT2D eigenvalue weighted by Crippen LogP contribution is 2.26. The maximum Gasteiger partial charge on any atom is 0.362 e. The van der Waals surface area contributed by atoms with Crippen LogP contribution in [0.1, 0.15) is 17.4 Å². The number of rotatable bonds is 6. The number of carbonyl (C=O) groups is 1. The van der Waals surface area contributed by atoms with Gasteiger partial charge in [-0.05, 0) is 24.3 Å². The van der Waals surface area contributed by atoms with Crippen LogP contribution in [0, 0.1) is 0 Å². The number of aromatic carboxylic acids is 1. The third-order valence-corrected chi connectivity index (χ3v) is 3.10. The molecule has 1 unspecified atom stereocenters. The van der Waals surface area contributed by atoms with Crippen molar-refractivity contribution in [1.82, 2.24) is 20.4 Å². The molecule has 1 aromatic carbocycles. The van der Waals surface area contributed by atoms with E-state index in [0.29, 0.717) is 17.2 Å². The number of benzene rings is 1. The number of nitrogens with zero attached hydrogens (tertiary/aromatic N) is 3. The van der Waals surface area contributed by atoms with Gasteiger partial charge in [-0.2, -0.15) is 0 Å². The molecule has 3 rings (SSSR count). The first-order valence-electron chi connectivity index (χ1n) is 7.22. The monoisotopic (exact) mass is 344 g/mol. The number of nitrogens with one attached hydrogen (secondary N) is 1. The standard InChI is InChI=1S/C16H13FN4O4/c1-9(17)24-11-4-2-3-10(7-11)13-6-5-12(8-18-13)25-15-14(16(22)23)19-21-20-15/h2-9H,1H3,(H,22,23)(H,19,20,21). The molecule has 128 valence electrons. The van der Waals surface area contributed by atoms with Crippen molar-refractivity contribution < 1.29 is 23.8 Å². The molecule has 0 radical (unpaired) electrons. The molecule has 0 spiro atoms. The molecule has 9 heteroatoms. The van der Waals surface area contributed by atoms with Gasteiger partial charge < -0.3 is 14.6 Å². The number of aromatic amines is 1. The molecule has 0 fully saturated rings. The van der Waals surface area contributed by atoms with Gasteiger partial charge in [-0.15, -0.1) is 5.10 Å². The van der Waals surface area contributed by atoms with Crippen LogP contribution < -0.4 is 9.47 Å². The van der Waals surface area contributed by atoms with E-state index in [1.165, 1.54) is 13.1 Å². The van der Waals surface area contributed by atoms with Crippen LogP contribution in [-0.2, 0) is 0 Å². The minimum atomic E-state index is -1.41.